The molecule has 0 bridgehead atoms. The Labute approximate surface area is 184 Å². The Morgan fingerprint density at radius 1 is 1.12 bits per heavy atom. The third-order valence-electron chi connectivity index (χ3n) is 5.27. The van der Waals surface area contributed by atoms with Gasteiger partial charge in [-0.3, -0.25) is 9.59 Å². The molecule has 0 atom stereocenters. The Kier molecular flexibility index (Phi) is 5.00. The zero-order valence-electron chi connectivity index (χ0n) is 18.5. The normalized spacial score (nSPS) is 14.2. The minimum Gasteiger partial charge on any atom is -0.506 e. The van der Waals surface area contributed by atoms with E-state index in [1.807, 2.05) is 39.8 Å². The van der Waals surface area contributed by atoms with Crippen LogP contribution in [0, 0.1) is 0 Å². The maximum Gasteiger partial charge on any atom is 0.308 e. The molecule has 0 fully saturated rings. The Balaban J connectivity index is 2.16. The molecule has 3 aromatic rings. The molecule has 32 heavy (non-hydrogen) atoms. The van der Waals surface area contributed by atoms with E-state index < -0.39 is 22.7 Å². The highest BCUT2D eigenvalue weighted by Crippen LogP contribution is 2.46. The number of carbonyl (C=O) groups excluding carboxylic acids is 1. The molecule has 2 aromatic carbocycles. The summed E-state index contributed by atoms with van der Waals surface area (Å²) in [5.74, 6) is -1.05. The molecular weight excluding hydrogens is 412 g/mol. The van der Waals surface area contributed by atoms with Crippen LogP contribution < -0.4 is 14.9 Å². The fourth-order valence-corrected chi connectivity index (χ4v) is 3.74. The highest BCUT2D eigenvalue weighted by molar-refractivity contribution is 6.01. The van der Waals surface area contributed by atoms with Crippen molar-refractivity contribution in [2.45, 2.75) is 46.6 Å². The van der Waals surface area contributed by atoms with Crippen LogP contribution in [0.3, 0.4) is 0 Å². The predicted molar refractivity (Wildman–Crippen MR) is 122 cm³/mol. The zero-order valence-corrected chi connectivity index (χ0v) is 18.5. The number of phenols is 2. The van der Waals surface area contributed by atoms with Crippen LogP contribution in [0.2, 0.25) is 0 Å². The van der Waals surface area contributed by atoms with E-state index in [1.165, 1.54) is 19.1 Å². The van der Waals surface area contributed by atoms with Gasteiger partial charge in [0.15, 0.2) is 11.3 Å². The lowest BCUT2D eigenvalue weighted by molar-refractivity contribution is -0.132. The molecule has 7 nitrogen and oxygen atoms in total. The van der Waals surface area contributed by atoms with Gasteiger partial charge in [-0.1, -0.05) is 11.6 Å². The van der Waals surface area contributed by atoms with E-state index in [0.717, 1.165) is 5.57 Å². The lowest BCUT2D eigenvalue weighted by Crippen LogP contribution is -2.28. The molecule has 0 saturated heterocycles. The molecule has 2 N–H and O–H groups in total. The third kappa shape index (κ3) is 3.49. The second-order valence-electron chi connectivity index (χ2n) is 8.61. The summed E-state index contributed by atoms with van der Waals surface area (Å²) in [4.78, 5) is 24.7. The fraction of sp³-hybridized carbons (Fsp3) is 0.280. The molecule has 1 aliphatic rings. The summed E-state index contributed by atoms with van der Waals surface area (Å²) in [6.45, 7) is 8.86. The summed E-state index contributed by atoms with van der Waals surface area (Å²) < 4.78 is 17.2. The summed E-state index contributed by atoms with van der Waals surface area (Å²) in [6.07, 6.45) is 5.89. The van der Waals surface area contributed by atoms with Gasteiger partial charge in [0.1, 0.15) is 28.1 Å². The second-order valence-corrected chi connectivity index (χ2v) is 8.61. The van der Waals surface area contributed by atoms with E-state index in [-0.39, 0.29) is 33.4 Å². The van der Waals surface area contributed by atoms with E-state index in [2.05, 4.69) is 0 Å². The number of carbonyl (C=O) groups is 1. The third-order valence-corrected chi connectivity index (χ3v) is 5.27. The first-order chi connectivity index (χ1) is 15.0. The number of phenolic OH excluding ortho intramolecular Hbond substituents is 2. The van der Waals surface area contributed by atoms with Crippen LogP contribution in [-0.4, -0.2) is 21.8 Å². The van der Waals surface area contributed by atoms with Crippen molar-refractivity contribution < 1.29 is 28.9 Å². The van der Waals surface area contributed by atoms with Crippen molar-refractivity contribution in [3.8, 4) is 23.0 Å². The van der Waals surface area contributed by atoms with Gasteiger partial charge in [0, 0.05) is 12.5 Å². The van der Waals surface area contributed by atoms with Gasteiger partial charge in [-0.2, -0.15) is 0 Å². The van der Waals surface area contributed by atoms with Gasteiger partial charge in [0.2, 0.25) is 11.2 Å². The van der Waals surface area contributed by atoms with Crippen molar-refractivity contribution >= 4 is 34.0 Å². The quantitative estimate of drug-likeness (QED) is 0.258. The highest BCUT2D eigenvalue weighted by Gasteiger charge is 2.31. The summed E-state index contributed by atoms with van der Waals surface area (Å²) in [6, 6.07) is 2.70. The molecule has 0 aliphatic carbocycles. The van der Waals surface area contributed by atoms with E-state index in [1.54, 1.807) is 6.08 Å². The number of ether oxygens (including phenoxy) is 2. The Morgan fingerprint density at radius 2 is 1.84 bits per heavy atom. The lowest BCUT2D eigenvalue weighted by Gasteiger charge is -2.30. The van der Waals surface area contributed by atoms with Crippen molar-refractivity contribution in [3.63, 3.8) is 0 Å². The SMILES string of the molecule is CC(=O)Oc1ccc2c(=O)c3c(O)c4c(c(CC=C(C)C)c3oc2c1O)OC(C)(C)C=C4. The number of esters is 1. The maximum atomic E-state index is 13.4. The molecule has 1 aromatic heterocycles. The van der Waals surface area contributed by atoms with Gasteiger partial charge >= 0.3 is 5.97 Å². The first kappa shape index (κ1) is 21.5. The van der Waals surface area contributed by atoms with Gasteiger partial charge < -0.3 is 24.1 Å². The standard InChI is InChI=1S/C25H24O7/c1-12(2)6-7-16-22-15(10-11-25(4,5)32-22)20(28)18-19(27)14-8-9-17(30-13(3)26)21(29)24(14)31-23(16)18/h6,8-11,28-29H,7H2,1-5H3. The molecule has 0 amide bonds. The van der Waals surface area contributed by atoms with Crippen molar-refractivity contribution in [3.05, 3.63) is 51.2 Å². The van der Waals surface area contributed by atoms with Crippen molar-refractivity contribution in [1.29, 1.82) is 0 Å². The van der Waals surface area contributed by atoms with Crippen LogP contribution in [0.5, 0.6) is 23.0 Å². The van der Waals surface area contributed by atoms with Crippen molar-refractivity contribution in [2.75, 3.05) is 0 Å². The monoisotopic (exact) mass is 436 g/mol. The summed E-state index contributed by atoms with van der Waals surface area (Å²) >= 11 is 0. The lowest BCUT2D eigenvalue weighted by atomic mass is 9.94. The van der Waals surface area contributed by atoms with Gasteiger partial charge in [-0.15, -0.1) is 0 Å². The van der Waals surface area contributed by atoms with Crippen molar-refractivity contribution in [2.24, 2.45) is 0 Å². The molecule has 0 saturated carbocycles. The molecule has 7 heteroatoms. The average Bonchev–Trinajstić information content (AvgIpc) is 2.69. The van der Waals surface area contributed by atoms with E-state index in [4.69, 9.17) is 13.9 Å². The number of hydrogen-bond acceptors (Lipinski definition) is 7. The minimum absolute atomic E-state index is 0.000925. The maximum absolute atomic E-state index is 13.4. The van der Waals surface area contributed by atoms with Crippen LogP contribution in [0.25, 0.3) is 28.0 Å². The molecule has 2 heterocycles. The molecule has 1 aliphatic heterocycles. The molecule has 0 unspecified atom stereocenters. The van der Waals surface area contributed by atoms with Gasteiger partial charge in [0.05, 0.1) is 10.9 Å². The number of fused-ring (bicyclic) bond motifs is 3. The highest BCUT2D eigenvalue weighted by atomic mass is 16.5. The van der Waals surface area contributed by atoms with Crippen LogP contribution in [0.4, 0.5) is 0 Å². The van der Waals surface area contributed by atoms with E-state index >= 15 is 0 Å². The summed E-state index contributed by atoms with van der Waals surface area (Å²) in [7, 11) is 0. The molecular formula is C25H24O7. The smallest absolute Gasteiger partial charge is 0.308 e. The van der Waals surface area contributed by atoms with Crippen LogP contribution >= 0.6 is 0 Å². The number of rotatable bonds is 3. The van der Waals surface area contributed by atoms with Crippen molar-refractivity contribution in [1.82, 2.24) is 0 Å². The summed E-state index contributed by atoms with van der Waals surface area (Å²) in [5.41, 5.74) is 0.859. The van der Waals surface area contributed by atoms with Gasteiger partial charge in [-0.05, 0) is 58.4 Å². The largest absolute Gasteiger partial charge is 0.506 e. The number of allylic oxidation sites excluding steroid dienone is 2. The van der Waals surface area contributed by atoms with Crippen LogP contribution in [0.1, 0.15) is 45.7 Å². The zero-order chi connectivity index (χ0) is 23.4. The molecule has 0 radical (unpaired) electrons. The Bertz CT molecular complexity index is 1400. The Morgan fingerprint density at radius 3 is 2.50 bits per heavy atom. The first-order valence-corrected chi connectivity index (χ1v) is 10.2. The molecule has 166 valence electrons. The van der Waals surface area contributed by atoms with Crippen LogP contribution in [-0.2, 0) is 11.2 Å². The topological polar surface area (TPSA) is 106 Å². The van der Waals surface area contributed by atoms with Gasteiger partial charge in [-0.25, -0.2) is 0 Å². The number of aromatic hydroxyl groups is 2. The number of benzene rings is 2. The Hall–Kier alpha value is -3.74. The van der Waals surface area contributed by atoms with E-state index in [9.17, 15) is 19.8 Å². The number of hydrogen-bond donors (Lipinski definition) is 2. The van der Waals surface area contributed by atoms with Crippen LogP contribution in [0.15, 0.2) is 39.1 Å². The molecule has 4 rings (SSSR count). The minimum atomic E-state index is -0.630. The second kappa shape index (κ2) is 7.44. The first-order valence-electron chi connectivity index (χ1n) is 10.2. The summed E-state index contributed by atoms with van der Waals surface area (Å²) in [5, 5.41) is 21.7. The molecule has 0 spiro atoms. The van der Waals surface area contributed by atoms with E-state index in [0.29, 0.717) is 23.3 Å². The fourth-order valence-electron chi connectivity index (χ4n) is 3.74. The predicted octanol–water partition coefficient (Wildman–Crippen LogP) is 4.98. The van der Waals surface area contributed by atoms with Gasteiger partial charge in [0.25, 0.3) is 0 Å². The average molecular weight is 436 g/mol.